The number of hydrogen-bond acceptors (Lipinski definition) is 4. The molecule has 0 aliphatic carbocycles. The minimum atomic E-state index is 0.194. The molecule has 0 spiro atoms. The van der Waals surface area contributed by atoms with E-state index in [1.54, 1.807) is 0 Å². The fraction of sp³-hybridized carbons (Fsp3) is 0.550. The topological polar surface area (TPSA) is 51.0 Å². The highest BCUT2D eigenvalue weighted by molar-refractivity contribution is 7.99. The zero-order valence-corrected chi connectivity index (χ0v) is 17.8. The van der Waals surface area contributed by atoms with E-state index >= 15 is 0 Å². The first-order valence-corrected chi connectivity index (χ1v) is 10.9. The van der Waals surface area contributed by atoms with Crippen molar-refractivity contribution >= 4 is 29.3 Å². The van der Waals surface area contributed by atoms with Crippen LogP contribution in [0.4, 0.5) is 0 Å². The number of rotatable bonds is 6. The molecule has 0 saturated carbocycles. The Balaban J connectivity index is 1.76. The molecule has 146 valence electrons. The van der Waals surface area contributed by atoms with Gasteiger partial charge >= 0.3 is 0 Å². The Kier molecular flexibility index (Phi) is 6.82. The van der Waals surface area contributed by atoms with Gasteiger partial charge in [0.05, 0.1) is 5.75 Å². The number of benzene rings is 1. The molecule has 1 fully saturated rings. The van der Waals surface area contributed by atoms with Crippen molar-refractivity contribution < 1.29 is 4.79 Å². The predicted octanol–water partition coefficient (Wildman–Crippen LogP) is 4.75. The highest BCUT2D eigenvalue weighted by Crippen LogP contribution is 2.27. The zero-order chi connectivity index (χ0) is 19.4. The van der Waals surface area contributed by atoms with Crippen molar-refractivity contribution in [1.82, 2.24) is 19.7 Å². The molecule has 1 aromatic carbocycles. The summed E-state index contributed by atoms with van der Waals surface area (Å²) in [5.74, 6) is 1.87. The summed E-state index contributed by atoms with van der Waals surface area (Å²) < 4.78 is 2.12. The number of carbonyl (C=O) groups is 1. The monoisotopic (exact) mass is 406 g/mol. The normalized spacial score (nSPS) is 17.5. The summed E-state index contributed by atoms with van der Waals surface area (Å²) in [5, 5.41) is 10.3. The van der Waals surface area contributed by atoms with Crippen molar-refractivity contribution in [2.45, 2.75) is 57.8 Å². The lowest BCUT2D eigenvalue weighted by Crippen LogP contribution is -2.43. The second-order valence-electron chi connectivity index (χ2n) is 7.54. The maximum absolute atomic E-state index is 12.7. The van der Waals surface area contributed by atoms with Crippen LogP contribution in [0, 0.1) is 5.92 Å². The second-order valence-corrected chi connectivity index (χ2v) is 8.92. The molecule has 0 radical (unpaired) electrons. The minimum absolute atomic E-state index is 0.194. The fourth-order valence-corrected chi connectivity index (χ4v) is 4.38. The van der Waals surface area contributed by atoms with E-state index in [4.69, 9.17) is 11.6 Å². The lowest BCUT2D eigenvalue weighted by Gasteiger charge is -2.33. The smallest absolute Gasteiger partial charge is 0.233 e. The molecular formula is C20H27ClN4OS. The van der Waals surface area contributed by atoms with Crippen LogP contribution in [0.2, 0.25) is 5.02 Å². The van der Waals surface area contributed by atoms with Gasteiger partial charge in [-0.05, 0) is 56.4 Å². The maximum atomic E-state index is 12.7. The summed E-state index contributed by atoms with van der Waals surface area (Å²) in [4.78, 5) is 14.7. The average molecular weight is 407 g/mol. The number of piperidine rings is 1. The van der Waals surface area contributed by atoms with Crippen LogP contribution in [0.5, 0.6) is 0 Å². The third kappa shape index (κ3) is 5.05. The van der Waals surface area contributed by atoms with Gasteiger partial charge in [-0.15, -0.1) is 10.2 Å². The molecule has 5 nitrogen and oxygen atoms in total. The van der Waals surface area contributed by atoms with Gasteiger partial charge in [-0.2, -0.15) is 0 Å². The lowest BCUT2D eigenvalue weighted by atomic mass is 10.0. The summed E-state index contributed by atoms with van der Waals surface area (Å²) in [6, 6.07) is 7.97. The molecule has 1 aromatic heterocycles. The van der Waals surface area contributed by atoms with Crippen LogP contribution in [0.25, 0.3) is 11.4 Å². The number of thioether (sulfide) groups is 1. The van der Waals surface area contributed by atoms with Gasteiger partial charge in [0, 0.05) is 29.7 Å². The maximum Gasteiger partial charge on any atom is 0.233 e. The number of nitrogens with zero attached hydrogens (tertiary/aromatic N) is 4. The van der Waals surface area contributed by atoms with E-state index in [9.17, 15) is 4.79 Å². The van der Waals surface area contributed by atoms with E-state index in [0.29, 0.717) is 22.7 Å². The number of amides is 1. The number of hydrogen-bond donors (Lipinski definition) is 0. The molecule has 2 aromatic rings. The first-order chi connectivity index (χ1) is 13.0. The summed E-state index contributed by atoms with van der Waals surface area (Å²) >= 11 is 7.49. The summed E-state index contributed by atoms with van der Waals surface area (Å²) in [6.45, 7) is 8.15. The van der Waals surface area contributed by atoms with Gasteiger partial charge in [0.25, 0.3) is 0 Å². The molecule has 0 N–H and O–H groups in total. The highest BCUT2D eigenvalue weighted by atomic mass is 35.5. The van der Waals surface area contributed by atoms with Crippen LogP contribution < -0.4 is 0 Å². The zero-order valence-electron chi connectivity index (χ0n) is 16.2. The van der Waals surface area contributed by atoms with Gasteiger partial charge in [-0.1, -0.05) is 37.2 Å². The van der Waals surface area contributed by atoms with E-state index in [0.717, 1.165) is 42.5 Å². The Hall–Kier alpha value is -1.53. The Morgan fingerprint density at radius 3 is 2.67 bits per heavy atom. The Bertz CT molecular complexity index is 775. The fourth-order valence-electron chi connectivity index (χ4n) is 3.42. The third-order valence-corrected chi connectivity index (χ3v) is 6.02. The molecule has 0 bridgehead atoms. The minimum Gasteiger partial charge on any atom is -0.339 e. The first-order valence-electron chi connectivity index (χ1n) is 9.57. The molecule has 27 heavy (non-hydrogen) atoms. The summed E-state index contributed by atoms with van der Waals surface area (Å²) in [5.41, 5.74) is 0.982. The Morgan fingerprint density at radius 1 is 1.26 bits per heavy atom. The van der Waals surface area contributed by atoms with E-state index in [-0.39, 0.29) is 5.91 Å². The van der Waals surface area contributed by atoms with Crippen LogP contribution in [0.15, 0.2) is 29.4 Å². The Morgan fingerprint density at radius 2 is 2.00 bits per heavy atom. The van der Waals surface area contributed by atoms with E-state index in [1.165, 1.54) is 18.2 Å². The van der Waals surface area contributed by atoms with Crippen molar-refractivity contribution in [3.8, 4) is 11.4 Å². The van der Waals surface area contributed by atoms with Crippen LogP contribution in [-0.2, 0) is 11.3 Å². The van der Waals surface area contributed by atoms with Gasteiger partial charge in [-0.3, -0.25) is 4.79 Å². The Labute approximate surface area is 170 Å². The van der Waals surface area contributed by atoms with Crippen molar-refractivity contribution in [3.63, 3.8) is 0 Å². The third-order valence-electron chi connectivity index (χ3n) is 4.82. The highest BCUT2D eigenvalue weighted by Gasteiger charge is 2.24. The molecule has 1 amide bonds. The van der Waals surface area contributed by atoms with E-state index < -0.39 is 0 Å². The molecule has 1 aliphatic rings. The molecule has 2 heterocycles. The van der Waals surface area contributed by atoms with Crippen molar-refractivity contribution in [1.29, 1.82) is 0 Å². The molecule has 1 saturated heterocycles. The van der Waals surface area contributed by atoms with E-state index in [1.807, 2.05) is 29.2 Å². The van der Waals surface area contributed by atoms with Crippen LogP contribution in [-0.4, -0.2) is 43.9 Å². The lowest BCUT2D eigenvalue weighted by molar-refractivity contribution is -0.131. The summed E-state index contributed by atoms with van der Waals surface area (Å²) in [7, 11) is 0. The molecule has 0 unspecified atom stereocenters. The van der Waals surface area contributed by atoms with Crippen molar-refractivity contribution in [2.24, 2.45) is 5.92 Å². The van der Waals surface area contributed by atoms with Crippen molar-refractivity contribution in [3.05, 3.63) is 29.3 Å². The summed E-state index contributed by atoms with van der Waals surface area (Å²) in [6.07, 6.45) is 3.41. The molecule has 7 heteroatoms. The number of carbonyl (C=O) groups excluding carboxylic acids is 1. The molecule has 1 atom stereocenters. The molecule has 1 aliphatic heterocycles. The first kappa shape index (κ1) is 20.2. The number of halogens is 1. The van der Waals surface area contributed by atoms with Gasteiger partial charge < -0.3 is 9.47 Å². The van der Waals surface area contributed by atoms with E-state index in [2.05, 4.69) is 35.5 Å². The number of likely N-dealkylation sites (tertiary alicyclic amines) is 1. The quantitative estimate of drug-likeness (QED) is 0.649. The van der Waals surface area contributed by atoms with Gasteiger partial charge in [-0.25, -0.2) is 0 Å². The molecule has 3 rings (SSSR count). The van der Waals surface area contributed by atoms with Gasteiger partial charge in [0.1, 0.15) is 0 Å². The predicted molar refractivity (Wildman–Crippen MR) is 111 cm³/mol. The van der Waals surface area contributed by atoms with Crippen LogP contribution in [0.1, 0.15) is 40.0 Å². The van der Waals surface area contributed by atoms with Crippen molar-refractivity contribution in [2.75, 3.05) is 12.3 Å². The molecular weight excluding hydrogens is 380 g/mol. The largest absolute Gasteiger partial charge is 0.339 e. The van der Waals surface area contributed by atoms with Crippen LogP contribution in [0.3, 0.4) is 0 Å². The van der Waals surface area contributed by atoms with Gasteiger partial charge in [0.15, 0.2) is 11.0 Å². The average Bonchev–Trinajstić information content (AvgIpc) is 3.02. The number of aromatic nitrogens is 3. The second kappa shape index (κ2) is 9.11. The SMILES string of the molecule is CC(C)Cn1c(SCC(=O)N2CCCC[C@@H]2C)nnc1-c1ccc(Cl)cc1. The standard InChI is InChI=1S/C20H27ClN4OS/c1-14(2)12-25-19(16-7-9-17(21)10-8-16)22-23-20(25)27-13-18(26)24-11-5-4-6-15(24)3/h7-10,14-15H,4-6,11-13H2,1-3H3/t15-/m0/s1. The van der Waals surface area contributed by atoms with Crippen LogP contribution >= 0.6 is 23.4 Å². The van der Waals surface area contributed by atoms with Gasteiger partial charge in [0.2, 0.25) is 5.91 Å².